The second kappa shape index (κ2) is 6.99. The van der Waals surface area contributed by atoms with E-state index in [1.54, 1.807) is 6.07 Å². The maximum absolute atomic E-state index is 12.0. The molecule has 1 aliphatic rings. The highest BCUT2D eigenvalue weighted by Crippen LogP contribution is 2.18. The van der Waals surface area contributed by atoms with Crippen molar-refractivity contribution in [2.45, 2.75) is 25.8 Å². The van der Waals surface area contributed by atoms with Gasteiger partial charge in [0.1, 0.15) is 24.5 Å². The van der Waals surface area contributed by atoms with Crippen molar-refractivity contribution in [1.29, 1.82) is 0 Å². The largest absolute Gasteiger partial charge is 0.356 e. The molecule has 0 unspecified atom stereocenters. The molecule has 8 nitrogen and oxygen atoms in total. The second-order valence-corrected chi connectivity index (χ2v) is 5.38. The van der Waals surface area contributed by atoms with Gasteiger partial charge in [-0.2, -0.15) is 5.10 Å². The van der Waals surface area contributed by atoms with Crippen LogP contribution in [-0.4, -0.2) is 38.7 Å². The molecule has 3 heterocycles. The van der Waals surface area contributed by atoms with Gasteiger partial charge < -0.3 is 10.2 Å². The first-order valence-electron chi connectivity index (χ1n) is 7.61. The van der Waals surface area contributed by atoms with Crippen LogP contribution in [0, 0.1) is 0 Å². The SMILES string of the molecule is O=C(Cn1ncccc1=O)Nc1cc(N2CCCCC2)ncn1. The Morgan fingerprint density at radius 2 is 2.04 bits per heavy atom. The van der Waals surface area contributed by atoms with Crippen LogP contribution in [0.25, 0.3) is 0 Å². The van der Waals surface area contributed by atoms with Gasteiger partial charge in [0.05, 0.1) is 0 Å². The number of nitrogens with zero attached hydrogens (tertiary/aromatic N) is 5. The number of rotatable bonds is 4. The molecule has 0 aliphatic carbocycles. The lowest BCUT2D eigenvalue weighted by Crippen LogP contribution is -2.31. The molecule has 1 fully saturated rings. The van der Waals surface area contributed by atoms with Crippen molar-refractivity contribution < 1.29 is 4.79 Å². The van der Waals surface area contributed by atoms with E-state index in [-0.39, 0.29) is 18.0 Å². The number of carbonyl (C=O) groups excluding carboxylic acids is 1. The predicted octanol–water partition coefficient (Wildman–Crippen LogP) is 0.662. The van der Waals surface area contributed by atoms with Crippen molar-refractivity contribution in [3.63, 3.8) is 0 Å². The minimum atomic E-state index is -0.353. The van der Waals surface area contributed by atoms with E-state index in [2.05, 4.69) is 25.3 Å². The summed E-state index contributed by atoms with van der Waals surface area (Å²) in [5.74, 6) is 0.883. The predicted molar refractivity (Wildman–Crippen MR) is 85.2 cm³/mol. The van der Waals surface area contributed by atoms with Crippen molar-refractivity contribution in [2.75, 3.05) is 23.3 Å². The minimum absolute atomic E-state index is 0.150. The van der Waals surface area contributed by atoms with Gasteiger partial charge in [-0.15, -0.1) is 0 Å². The van der Waals surface area contributed by atoms with E-state index < -0.39 is 0 Å². The van der Waals surface area contributed by atoms with E-state index in [1.165, 1.54) is 31.1 Å². The maximum atomic E-state index is 12.0. The number of carbonyl (C=O) groups is 1. The fourth-order valence-electron chi connectivity index (χ4n) is 2.54. The Morgan fingerprint density at radius 1 is 1.22 bits per heavy atom. The van der Waals surface area contributed by atoms with Crippen molar-refractivity contribution in [3.05, 3.63) is 41.1 Å². The molecule has 1 N–H and O–H groups in total. The van der Waals surface area contributed by atoms with E-state index in [1.807, 2.05) is 0 Å². The number of hydrogen-bond acceptors (Lipinski definition) is 6. The van der Waals surface area contributed by atoms with Gasteiger partial charge in [0.15, 0.2) is 0 Å². The standard InChI is InChI=1S/C15H18N6O2/c22-14(10-21-15(23)5-4-6-18-21)19-12-9-13(17-11-16-12)20-7-2-1-3-8-20/h4-6,9,11H,1-3,7-8,10H2,(H,16,17,19,22). The van der Waals surface area contributed by atoms with Crippen molar-refractivity contribution in [3.8, 4) is 0 Å². The summed E-state index contributed by atoms with van der Waals surface area (Å²) in [4.78, 5) is 34.1. The Kier molecular flexibility index (Phi) is 4.60. The third-order valence-electron chi connectivity index (χ3n) is 3.68. The maximum Gasteiger partial charge on any atom is 0.267 e. The summed E-state index contributed by atoms with van der Waals surface area (Å²) in [7, 11) is 0. The molecule has 2 aromatic heterocycles. The van der Waals surface area contributed by atoms with E-state index in [9.17, 15) is 9.59 Å². The molecule has 2 aromatic rings. The number of hydrogen-bond donors (Lipinski definition) is 1. The summed E-state index contributed by atoms with van der Waals surface area (Å²) in [6.07, 6.45) is 6.44. The average molecular weight is 314 g/mol. The molecular formula is C15H18N6O2. The van der Waals surface area contributed by atoms with Crippen molar-refractivity contribution >= 4 is 17.5 Å². The molecule has 1 saturated heterocycles. The molecule has 0 aromatic carbocycles. The molecule has 3 rings (SSSR count). The summed E-state index contributed by atoms with van der Waals surface area (Å²) in [5, 5.41) is 6.53. The zero-order chi connectivity index (χ0) is 16.1. The molecule has 23 heavy (non-hydrogen) atoms. The van der Waals surface area contributed by atoms with Crippen LogP contribution >= 0.6 is 0 Å². The summed E-state index contributed by atoms with van der Waals surface area (Å²) in [5.41, 5.74) is -0.320. The normalized spacial score (nSPS) is 14.5. The molecule has 120 valence electrons. The van der Waals surface area contributed by atoms with Crippen LogP contribution in [0.15, 0.2) is 35.5 Å². The van der Waals surface area contributed by atoms with Crippen molar-refractivity contribution in [2.24, 2.45) is 0 Å². The molecule has 1 amide bonds. The van der Waals surface area contributed by atoms with Crippen LogP contribution in [0.3, 0.4) is 0 Å². The van der Waals surface area contributed by atoms with Gasteiger partial charge in [-0.3, -0.25) is 9.59 Å². The van der Waals surface area contributed by atoms with Gasteiger partial charge in [0.2, 0.25) is 5.91 Å². The fourth-order valence-corrected chi connectivity index (χ4v) is 2.54. The van der Waals surface area contributed by atoms with Crippen LogP contribution < -0.4 is 15.8 Å². The van der Waals surface area contributed by atoms with Gasteiger partial charge in [0, 0.05) is 31.4 Å². The topological polar surface area (TPSA) is 93.0 Å². The summed E-state index contributed by atoms with van der Waals surface area (Å²) >= 11 is 0. The van der Waals surface area contributed by atoms with Crippen LogP contribution in [0.4, 0.5) is 11.6 Å². The van der Waals surface area contributed by atoms with Crippen LogP contribution in [-0.2, 0) is 11.3 Å². The molecule has 0 atom stereocenters. The lowest BCUT2D eigenvalue weighted by Gasteiger charge is -2.27. The Morgan fingerprint density at radius 3 is 2.83 bits per heavy atom. The lowest BCUT2D eigenvalue weighted by molar-refractivity contribution is -0.117. The number of piperidine rings is 1. The van der Waals surface area contributed by atoms with Gasteiger partial charge in [-0.25, -0.2) is 14.6 Å². The smallest absolute Gasteiger partial charge is 0.267 e. The molecular weight excluding hydrogens is 296 g/mol. The Bertz CT molecular complexity index is 738. The summed E-state index contributed by atoms with van der Waals surface area (Å²) < 4.78 is 1.10. The highest BCUT2D eigenvalue weighted by atomic mass is 16.2. The third-order valence-corrected chi connectivity index (χ3v) is 3.68. The molecule has 8 heteroatoms. The Balaban J connectivity index is 1.66. The van der Waals surface area contributed by atoms with E-state index in [0.717, 1.165) is 36.4 Å². The third kappa shape index (κ3) is 3.91. The average Bonchev–Trinajstić information content (AvgIpc) is 2.58. The monoisotopic (exact) mass is 314 g/mol. The first-order chi connectivity index (χ1) is 11.2. The lowest BCUT2D eigenvalue weighted by atomic mass is 10.1. The zero-order valence-electron chi connectivity index (χ0n) is 12.7. The quantitative estimate of drug-likeness (QED) is 0.891. The number of amides is 1. The van der Waals surface area contributed by atoms with Gasteiger partial charge in [-0.1, -0.05) is 0 Å². The molecule has 0 spiro atoms. The number of anilines is 2. The van der Waals surface area contributed by atoms with Gasteiger partial charge in [-0.05, 0) is 25.3 Å². The fraction of sp³-hybridized carbons (Fsp3) is 0.400. The molecule has 0 radical (unpaired) electrons. The van der Waals surface area contributed by atoms with E-state index in [0.29, 0.717) is 5.82 Å². The zero-order valence-corrected chi connectivity index (χ0v) is 12.7. The second-order valence-electron chi connectivity index (χ2n) is 5.38. The van der Waals surface area contributed by atoms with Crippen molar-refractivity contribution in [1.82, 2.24) is 19.7 Å². The molecule has 0 saturated carbocycles. The Labute approximate surface area is 133 Å². The van der Waals surface area contributed by atoms with E-state index in [4.69, 9.17) is 0 Å². The van der Waals surface area contributed by atoms with Crippen LogP contribution in [0.5, 0.6) is 0 Å². The molecule has 1 aliphatic heterocycles. The highest BCUT2D eigenvalue weighted by molar-refractivity contribution is 5.89. The number of aromatic nitrogens is 4. The summed E-state index contributed by atoms with van der Waals surface area (Å²) in [6.45, 7) is 1.78. The minimum Gasteiger partial charge on any atom is -0.356 e. The van der Waals surface area contributed by atoms with Crippen LogP contribution in [0.2, 0.25) is 0 Å². The van der Waals surface area contributed by atoms with E-state index >= 15 is 0 Å². The first kappa shape index (κ1) is 15.1. The molecule has 0 bridgehead atoms. The summed E-state index contributed by atoms with van der Waals surface area (Å²) in [6, 6.07) is 4.65. The Hall–Kier alpha value is -2.77. The van der Waals surface area contributed by atoms with Gasteiger partial charge in [0.25, 0.3) is 5.56 Å². The highest BCUT2D eigenvalue weighted by Gasteiger charge is 2.13. The number of nitrogens with one attached hydrogen (secondary N) is 1. The first-order valence-corrected chi connectivity index (χ1v) is 7.61. The van der Waals surface area contributed by atoms with Crippen LogP contribution in [0.1, 0.15) is 19.3 Å². The van der Waals surface area contributed by atoms with Gasteiger partial charge >= 0.3 is 0 Å².